The van der Waals surface area contributed by atoms with Gasteiger partial charge in [-0.3, -0.25) is 14.5 Å². The number of carbonyl (C=O) groups excluding carboxylic acids is 2. The van der Waals surface area contributed by atoms with E-state index in [1.165, 1.54) is 0 Å². The van der Waals surface area contributed by atoms with Crippen LogP contribution in [0.5, 0.6) is 17.4 Å². The van der Waals surface area contributed by atoms with Gasteiger partial charge in [-0.15, -0.1) is 0 Å². The van der Waals surface area contributed by atoms with Crippen LogP contribution in [0, 0.1) is 0 Å². The van der Waals surface area contributed by atoms with Gasteiger partial charge in [0, 0.05) is 52.5 Å². The SMILES string of the molecule is CN1CCCN(C(=O)CN2CCOc3ccccc3Oc3ncccc3C(=O)N(C)CC2)CC1. The Kier molecular flexibility index (Phi) is 7.97. The van der Waals surface area contributed by atoms with Gasteiger partial charge in [-0.05, 0) is 44.3 Å². The van der Waals surface area contributed by atoms with E-state index in [0.29, 0.717) is 49.8 Å². The van der Waals surface area contributed by atoms with E-state index in [9.17, 15) is 9.59 Å². The molecule has 3 heterocycles. The number of para-hydroxylation sites is 2. The molecule has 9 nitrogen and oxygen atoms in total. The van der Waals surface area contributed by atoms with Crippen LogP contribution in [0.4, 0.5) is 0 Å². The number of hydrogen-bond acceptors (Lipinski definition) is 7. The molecule has 0 N–H and O–H groups in total. The summed E-state index contributed by atoms with van der Waals surface area (Å²) < 4.78 is 12.0. The summed E-state index contributed by atoms with van der Waals surface area (Å²) >= 11 is 0. The number of carbonyl (C=O) groups is 2. The summed E-state index contributed by atoms with van der Waals surface area (Å²) in [6.45, 7) is 5.68. The number of hydrogen-bond donors (Lipinski definition) is 0. The molecule has 0 bridgehead atoms. The fraction of sp³-hybridized carbons (Fsp3) is 0.480. The topological polar surface area (TPSA) is 78.5 Å². The van der Waals surface area contributed by atoms with Crippen LogP contribution in [0.25, 0.3) is 0 Å². The van der Waals surface area contributed by atoms with E-state index >= 15 is 0 Å². The first kappa shape index (κ1) is 24.0. The minimum atomic E-state index is -0.178. The lowest BCUT2D eigenvalue weighted by molar-refractivity contribution is -0.132. The molecule has 34 heavy (non-hydrogen) atoms. The van der Waals surface area contributed by atoms with Crippen molar-refractivity contribution in [3.63, 3.8) is 0 Å². The largest absolute Gasteiger partial charge is 0.488 e. The van der Waals surface area contributed by atoms with Gasteiger partial charge in [-0.25, -0.2) is 4.98 Å². The van der Waals surface area contributed by atoms with Crippen LogP contribution in [-0.4, -0.2) is 109 Å². The van der Waals surface area contributed by atoms with Crippen molar-refractivity contribution in [1.29, 1.82) is 0 Å². The highest BCUT2D eigenvalue weighted by Crippen LogP contribution is 2.32. The predicted molar refractivity (Wildman–Crippen MR) is 128 cm³/mol. The van der Waals surface area contributed by atoms with Crippen LogP contribution in [0.2, 0.25) is 0 Å². The van der Waals surface area contributed by atoms with E-state index in [4.69, 9.17) is 9.47 Å². The van der Waals surface area contributed by atoms with E-state index in [2.05, 4.69) is 21.8 Å². The lowest BCUT2D eigenvalue weighted by Crippen LogP contribution is -2.45. The van der Waals surface area contributed by atoms with Crippen molar-refractivity contribution >= 4 is 11.8 Å². The minimum Gasteiger partial charge on any atom is -0.488 e. The number of amides is 2. The Morgan fingerprint density at radius 1 is 0.941 bits per heavy atom. The molecule has 182 valence electrons. The Balaban J connectivity index is 1.52. The molecule has 9 heteroatoms. The second-order valence-electron chi connectivity index (χ2n) is 8.79. The molecule has 0 atom stereocenters. The van der Waals surface area contributed by atoms with Crippen LogP contribution in [0.3, 0.4) is 0 Å². The third-order valence-corrected chi connectivity index (χ3v) is 6.25. The van der Waals surface area contributed by atoms with Crippen molar-refractivity contribution in [1.82, 2.24) is 24.6 Å². The molecule has 2 aromatic rings. The second-order valence-corrected chi connectivity index (χ2v) is 8.79. The molecule has 0 spiro atoms. The van der Waals surface area contributed by atoms with Crippen molar-refractivity contribution in [2.24, 2.45) is 0 Å². The maximum atomic E-state index is 13.2. The molecule has 2 amide bonds. The molecule has 1 aromatic heterocycles. The summed E-state index contributed by atoms with van der Waals surface area (Å²) in [6.07, 6.45) is 2.58. The van der Waals surface area contributed by atoms with Gasteiger partial charge < -0.3 is 24.2 Å². The highest BCUT2D eigenvalue weighted by atomic mass is 16.5. The number of likely N-dealkylation sites (N-methyl/N-ethyl adjacent to an activating group) is 2. The van der Waals surface area contributed by atoms with Crippen molar-refractivity contribution in [2.75, 3.05) is 73.1 Å². The molecule has 0 unspecified atom stereocenters. The molecule has 0 radical (unpaired) electrons. The third kappa shape index (κ3) is 6.03. The average Bonchev–Trinajstić information content (AvgIpc) is 3.06. The molecule has 0 aliphatic carbocycles. The highest BCUT2D eigenvalue weighted by Gasteiger charge is 2.23. The molecule has 0 saturated carbocycles. The summed E-state index contributed by atoms with van der Waals surface area (Å²) in [5.41, 5.74) is 0.385. The number of benzene rings is 1. The Bertz CT molecular complexity index is 1000. The fourth-order valence-electron chi connectivity index (χ4n) is 4.13. The highest BCUT2D eigenvalue weighted by molar-refractivity contribution is 5.96. The van der Waals surface area contributed by atoms with E-state index in [0.717, 1.165) is 32.6 Å². The van der Waals surface area contributed by atoms with Gasteiger partial charge in [-0.1, -0.05) is 12.1 Å². The standard InChI is InChI=1S/C25H33N5O4/c1-27-11-6-12-30(16-13-27)23(31)19-29-15-14-28(2)25(32)20-7-5-10-26-24(20)34-22-9-4-3-8-21(22)33-18-17-29/h3-5,7-10H,6,11-19H2,1-2H3. The summed E-state index contributed by atoms with van der Waals surface area (Å²) in [6, 6.07) is 10.8. The van der Waals surface area contributed by atoms with Crippen molar-refractivity contribution < 1.29 is 19.1 Å². The minimum absolute atomic E-state index is 0.117. The second kappa shape index (κ2) is 11.3. The van der Waals surface area contributed by atoms with Crippen molar-refractivity contribution in [2.45, 2.75) is 6.42 Å². The van der Waals surface area contributed by atoms with E-state index in [1.54, 1.807) is 36.3 Å². The Labute approximate surface area is 200 Å². The predicted octanol–water partition coefficient (Wildman–Crippen LogP) is 1.80. The van der Waals surface area contributed by atoms with Gasteiger partial charge in [0.25, 0.3) is 5.91 Å². The third-order valence-electron chi connectivity index (χ3n) is 6.25. The number of aromatic nitrogens is 1. The fourth-order valence-corrected chi connectivity index (χ4v) is 4.13. The Hall–Kier alpha value is -3.17. The van der Waals surface area contributed by atoms with Gasteiger partial charge in [0.1, 0.15) is 12.2 Å². The maximum absolute atomic E-state index is 13.2. The number of ether oxygens (including phenoxy) is 2. The number of pyridine rings is 1. The first-order chi connectivity index (χ1) is 16.5. The molecule has 1 saturated heterocycles. The molecule has 2 aliphatic rings. The zero-order valence-electron chi connectivity index (χ0n) is 20.0. The van der Waals surface area contributed by atoms with Crippen molar-refractivity contribution in [3.05, 3.63) is 48.2 Å². The van der Waals surface area contributed by atoms with Crippen LogP contribution >= 0.6 is 0 Å². The number of rotatable bonds is 2. The zero-order valence-corrected chi connectivity index (χ0v) is 20.0. The molecule has 1 aromatic carbocycles. The normalized spacial score (nSPS) is 18.8. The smallest absolute Gasteiger partial charge is 0.259 e. The Morgan fingerprint density at radius 2 is 1.76 bits per heavy atom. The van der Waals surface area contributed by atoms with Crippen LogP contribution < -0.4 is 9.47 Å². The van der Waals surface area contributed by atoms with Gasteiger partial charge in [0.2, 0.25) is 11.8 Å². The summed E-state index contributed by atoms with van der Waals surface area (Å²) in [7, 11) is 3.85. The first-order valence-corrected chi connectivity index (χ1v) is 11.8. The summed E-state index contributed by atoms with van der Waals surface area (Å²) in [4.78, 5) is 38.5. The van der Waals surface area contributed by atoms with Gasteiger partial charge in [0.15, 0.2) is 11.5 Å². The van der Waals surface area contributed by atoms with Crippen LogP contribution in [0.15, 0.2) is 42.6 Å². The molecule has 2 aliphatic heterocycles. The van der Waals surface area contributed by atoms with E-state index in [1.807, 2.05) is 23.1 Å². The summed E-state index contributed by atoms with van der Waals surface area (Å²) in [5, 5.41) is 0. The first-order valence-electron chi connectivity index (χ1n) is 11.8. The van der Waals surface area contributed by atoms with Gasteiger partial charge >= 0.3 is 0 Å². The summed E-state index contributed by atoms with van der Waals surface area (Å²) in [5.74, 6) is 1.25. The molecule has 1 fully saturated rings. The molecule has 4 rings (SSSR count). The average molecular weight is 468 g/mol. The van der Waals surface area contributed by atoms with Gasteiger partial charge in [0.05, 0.1) is 6.54 Å². The Morgan fingerprint density at radius 3 is 2.62 bits per heavy atom. The van der Waals surface area contributed by atoms with Crippen LogP contribution in [0.1, 0.15) is 16.8 Å². The van der Waals surface area contributed by atoms with E-state index in [-0.39, 0.29) is 17.7 Å². The lowest BCUT2D eigenvalue weighted by Gasteiger charge is -2.28. The number of fused-ring (bicyclic) bond motifs is 2. The van der Waals surface area contributed by atoms with Crippen molar-refractivity contribution in [3.8, 4) is 17.4 Å². The maximum Gasteiger partial charge on any atom is 0.259 e. The monoisotopic (exact) mass is 467 g/mol. The zero-order chi connectivity index (χ0) is 23.9. The van der Waals surface area contributed by atoms with E-state index < -0.39 is 0 Å². The lowest BCUT2D eigenvalue weighted by atomic mass is 10.2. The quantitative estimate of drug-likeness (QED) is 0.667. The van der Waals surface area contributed by atoms with Gasteiger partial charge in [-0.2, -0.15) is 0 Å². The molecular formula is C25H33N5O4. The molecular weight excluding hydrogens is 434 g/mol. The van der Waals surface area contributed by atoms with Crippen LogP contribution in [-0.2, 0) is 4.79 Å². The number of nitrogens with zero attached hydrogens (tertiary/aromatic N) is 5.